The molecule has 1 fully saturated rings. The molecule has 1 aliphatic heterocycles. The van der Waals surface area contributed by atoms with Crippen LogP contribution in [0.2, 0.25) is 0 Å². The minimum atomic E-state index is -1.07. The van der Waals surface area contributed by atoms with Gasteiger partial charge in [0.1, 0.15) is 12.2 Å². The van der Waals surface area contributed by atoms with Crippen LogP contribution in [-0.2, 0) is 25.6 Å². The smallest absolute Gasteiger partial charge is 0.410 e. The lowest BCUT2D eigenvalue weighted by atomic mass is 10.1. The number of hydrogen-bond donors (Lipinski definition) is 2. The normalized spacial score (nSPS) is 18.3. The highest BCUT2D eigenvalue weighted by Crippen LogP contribution is 2.18. The van der Waals surface area contributed by atoms with Crippen molar-refractivity contribution in [3.8, 4) is 0 Å². The number of carbonyl (C=O) groups excluding carboxylic acids is 3. The van der Waals surface area contributed by atoms with E-state index in [-0.39, 0.29) is 32.8 Å². The number of esters is 1. The van der Waals surface area contributed by atoms with Crippen molar-refractivity contribution in [1.29, 1.82) is 0 Å². The third-order valence-electron chi connectivity index (χ3n) is 5.37. The number of piperazine rings is 1. The maximum absolute atomic E-state index is 13.2. The molecule has 3 atom stereocenters. The molecule has 36 heavy (non-hydrogen) atoms. The Kier molecular flexibility index (Phi) is 10.1. The largest absolute Gasteiger partial charge is 0.458 e. The van der Waals surface area contributed by atoms with Crippen molar-refractivity contribution < 1.29 is 33.7 Å². The SMILES string of the molecule is C[C@@H](OC(C)(C)C)[C@H](NC(=O)N1CCN(C(=O)OCc2ccccc2)CC1CO)C(=O)OC(C)(C)C. The monoisotopic (exact) mass is 507 g/mol. The van der Waals surface area contributed by atoms with Gasteiger partial charge in [0.25, 0.3) is 0 Å². The lowest BCUT2D eigenvalue weighted by Crippen LogP contribution is -2.63. The van der Waals surface area contributed by atoms with Crippen LogP contribution in [0.15, 0.2) is 30.3 Å². The first-order valence-electron chi connectivity index (χ1n) is 12.2. The third-order valence-corrected chi connectivity index (χ3v) is 5.37. The summed E-state index contributed by atoms with van der Waals surface area (Å²) in [7, 11) is 0. The predicted octanol–water partition coefficient (Wildman–Crippen LogP) is 2.93. The second kappa shape index (κ2) is 12.4. The summed E-state index contributed by atoms with van der Waals surface area (Å²) < 4.78 is 16.8. The first-order valence-corrected chi connectivity index (χ1v) is 12.2. The molecule has 202 valence electrons. The maximum atomic E-state index is 13.2. The van der Waals surface area contributed by atoms with Crippen LogP contribution in [0, 0.1) is 0 Å². The average molecular weight is 508 g/mol. The zero-order valence-electron chi connectivity index (χ0n) is 22.4. The van der Waals surface area contributed by atoms with Gasteiger partial charge in [-0.3, -0.25) is 0 Å². The van der Waals surface area contributed by atoms with Gasteiger partial charge in [0.2, 0.25) is 0 Å². The molecule has 1 heterocycles. The summed E-state index contributed by atoms with van der Waals surface area (Å²) in [5, 5.41) is 12.7. The van der Waals surface area contributed by atoms with Gasteiger partial charge in [0.15, 0.2) is 6.04 Å². The Morgan fingerprint density at radius 2 is 1.69 bits per heavy atom. The molecular formula is C26H41N3O7. The molecular weight excluding hydrogens is 466 g/mol. The van der Waals surface area contributed by atoms with Crippen LogP contribution < -0.4 is 5.32 Å². The summed E-state index contributed by atoms with van der Waals surface area (Å²) in [6.45, 7) is 12.8. The highest BCUT2D eigenvalue weighted by atomic mass is 16.6. The highest BCUT2D eigenvalue weighted by molar-refractivity contribution is 5.84. The average Bonchev–Trinajstić information content (AvgIpc) is 2.78. The van der Waals surface area contributed by atoms with Gasteiger partial charge in [-0.05, 0) is 54.0 Å². The van der Waals surface area contributed by atoms with Gasteiger partial charge in [0.05, 0.1) is 24.4 Å². The molecule has 10 heteroatoms. The molecule has 1 aromatic carbocycles. The minimum Gasteiger partial charge on any atom is -0.458 e. The zero-order valence-corrected chi connectivity index (χ0v) is 22.4. The lowest BCUT2D eigenvalue weighted by molar-refractivity contribution is -0.164. The van der Waals surface area contributed by atoms with Crippen LogP contribution in [0.5, 0.6) is 0 Å². The second-order valence-electron chi connectivity index (χ2n) is 10.9. The first-order chi connectivity index (χ1) is 16.7. The Hall–Kier alpha value is -2.85. The Labute approximate surface area is 213 Å². The Morgan fingerprint density at radius 1 is 1.06 bits per heavy atom. The molecule has 1 unspecified atom stereocenters. The van der Waals surface area contributed by atoms with Crippen LogP contribution in [-0.4, -0.2) is 88.6 Å². The van der Waals surface area contributed by atoms with Gasteiger partial charge >= 0.3 is 18.1 Å². The van der Waals surface area contributed by atoms with Gasteiger partial charge in [-0.25, -0.2) is 14.4 Å². The summed E-state index contributed by atoms with van der Waals surface area (Å²) in [6.07, 6.45) is -1.19. The molecule has 2 N–H and O–H groups in total. The number of carbonyl (C=O) groups is 3. The summed E-state index contributed by atoms with van der Waals surface area (Å²) in [6, 6.07) is 7.04. The maximum Gasteiger partial charge on any atom is 0.410 e. The Morgan fingerprint density at radius 3 is 2.25 bits per heavy atom. The Balaban J connectivity index is 2.05. The number of aliphatic hydroxyl groups excluding tert-OH is 1. The molecule has 0 spiro atoms. The summed E-state index contributed by atoms with van der Waals surface area (Å²) in [5.41, 5.74) is -0.438. The molecule has 1 saturated heterocycles. The van der Waals surface area contributed by atoms with E-state index in [4.69, 9.17) is 14.2 Å². The van der Waals surface area contributed by atoms with Gasteiger partial charge < -0.3 is 34.4 Å². The van der Waals surface area contributed by atoms with Gasteiger partial charge in [-0.1, -0.05) is 30.3 Å². The van der Waals surface area contributed by atoms with E-state index in [1.54, 1.807) is 27.7 Å². The number of rotatable bonds is 7. The van der Waals surface area contributed by atoms with E-state index in [9.17, 15) is 19.5 Å². The molecule has 1 aromatic rings. The molecule has 0 aliphatic carbocycles. The quantitative estimate of drug-likeness (QED) is 0.545. The Bertz CT molecular complexity index is 880. The van der Waals surface area contributed by atoms with Crippen LogP contribution in [0.3, 0.4) is 0 Å². The van der Waals surface area contributed by atoms with Crippen LogP contribution in [0.1, 0.15) is 54.0 Å². The zero-order chi connectivity index (χ0) is 27.1. The fourth-order valence-electron chi connectivity index (χ4n) is 3.83. The molecule has 0 aromatic heterocycles. The van der Waals surface area contributed by atoms with E-state index in [2.05, 4.69) is 5.32 Å². The predicted molar refractivity (Wildman–Crippen MR) is 134 cm³/mol. The van der Waals surface area contributed by atoms with E-state index in [1.807, 2.05) is 51.1 Å². The van der Waals surface area contributed by atoms with Crippen LogP contribution in [0.25, 0.3) is 0 Å². The topological polar surface area (TPSA) is 118 Å². The van der Waals surface area contributed by atoms with Crippen LogP contribution in [0.4, 0.5) is 9.59 Å². The number of nitrogens with zero attached hydrogens (tertiary/aromatic N) is 2. The number of benzene rings is 1. The fraction of sp³-hybridized carbons (Fsp3) is 0.654. The van der Waals surface area contributed by atoms with Crippen molar-refractivity contribution in [3.05, 3.63) is 35.9 Å². The van der Waals surface area contributed by atoms with Gasteiger partial charge in [0, 0.05) is 19.6 Å². The van der Waals surface area contributed by atoms with Gasteiger partial charge in [-0.15, -0.1) is 0 Å². The van der Waals surface area contributed by atoms with Crippen molar-refractivity contribution in [2.45, 2.75) is 84.5 Å². The standard InChI is InChI=1S/C26H41N3O7/c1-18(35-25(2,3)4)21(22(31)36-26(5,6)7)27-23(32)29-14-13-28(15-20(29)16-30)24(33)34-17-19-11-9-8-10-12-19/h8-12,18,20-21,30H,13-17H2,1-7H3,(H,27,32)/t18-,20?,21+/m1/s1. The number of ether oxygens (including phenoxy) is 3. The summed E-state index contributed by atoms with van der Waals surface area (Å²) in [4.78, 5) is 41.6. The van der Waals surface area contributed by atoms with E-state index >= 15 is 0 Å². The summed E-state index contributed by atoms with van der Waals surface area (Å²) in [5.74, 6) is -0.615. The number of urea groups is 1. The fourth-order valence-corrected chi connectivity index (χ4v) is 3.83. The molecule has 0 radical (unpaired) electrons. The number of nitrogens with one attached hydrogen (secondary N) is 1. The van der Waals surface area contributed by atoms with Crippen LogP contribution >= 0.6 is 0 Å². The molecule has 10 nitrogen and oxygen atoms in total. The lowest BCUT2D eigenvalue weighted by Gasteiger charge is -2.41. The third kappa shape index (κ3) is 9.31. The van der Waals surface area contributed by atoms with Crippen molar-refractivity contribution in [3.63, 3.8) is 0 Å². The minimum absolute atomic E-state index is 0.0999. The van der Waals surface area contributed by atoms with E-state index in [0.717, 1.165) is 5.56 Å². The molecule has 0 bridgehead atoms. The van der Waals surface area contributed by atoms with E-state index in [0.29, 0.717) is 0 Å². The van der Waals surface area contributed by atoms with E-state index in [1.165, 1.54) is 9.80 Å². The van der Waals surface area contributed by atoms with E-state index < -0.39 is 47.5 Å². The van der Waals surface area contributed by atoms with Gasteiger partial charge in [-0.2, -0.15) is 0 Å². The first kappa shape index (κ1) is 29.4. The highest BCUT2D eigenvalue weighted by Gasteiger charge is 2.38. The number of aliphatic hydroxyl groups is 1. The summed E-state index contributed by atoms with van der Waals surface area (Å²) >= 11 is 0. The number of amides is 3. The molecule has 2 rings (SSSR count). The molecule has 0 saturated carbocycles. The van der Waals surface area contributed by atoms with Crippen molar-refractivity contribution >= 4 is 18.1 Å². The van der Waals surface area contributed by atoms with Crippen molar-refractivity contribution in [1.82, 2.24) is 15.1 Å². The molecule has 3 amide bonds. The van der Waals surface area contributed by atoms with Crippen molar-refractivity contribution in [2.75, 3.05) is 26.2 Å². The second-order valence-corrected chi connectivity index (χ2v) is 10.9. The molecule has 1 aliphatic rings. The van der Waals surface area contributed by atoms with Crippen molar-refractivity contribution in [2.24, 2.45) is 0 Å². The number of hydrogen-bond acceptors (Lipinski definition) is 7.